The highest BCUT2D eigenvalue weighted by Crippen LogP contribution is 2.41. The van der Waals surface area contributed by atoms with Gasteiger partial charge in [0.25, 0.3) is 0 Å². The third-order valence-corrected chi connectivity index (χ3v) is 3.89. The molecule has 0 atom stereocenters. The average molecular weight is 308 g/mol. The molecule has 0 aliphatic heterocycles. The van der Waals surface area contributed by atoms with Crippen LogP contribution in [0.1, 0.15) is 15.2 Å². The van der Waals surface area contributed by atoms with Crippen molar-refractivity contribution in [1.29, 1.82) is 0 Å². The molecule has 0 aliphatic carbocycles. The summed E-state index contributed by atoms with van der Waals surface area (Å²) >= 11 is 1.32. The highest BCUT2D eigenvalue weighted by Gasteiger charge is 2.22. The van der Waals surface area contributed by atoms with E-state index >= 15 is 0 Å². The van der Waals surface area contributed by atoms with E-state index < -0.39 is 0 Å². The van der Waals surface area contributed by atoms with Gasteiger partial charge in [0, 0.05) is 11.4 Å². The third-order valence-electron chi connectivity index (χ3n) is 2.98. The first-order valence-electron chi connectivity index (χ1n) is 6.12. The summed E-state index contributed by atoms with van der Waals surface area (Å²) in [7, 11) is 6.09. The highest BCUT2D eigenvalue weighted by atomic mass is 32.1. The Morgan fingerprint density at radius 1 is 0.952 bits per heavy atom. The minimum atomic E-state index is -0.152. The molecular formula is C15H16O5S. The molecule has 0 amide bonds. The molecule has 2 aromatic rings. The first-order chi connectivity index (χ1) is 10.2. The Kier molecular flexibility index (Phi) is 4.70. The third kappa shape index (κ3) is 2.80. The Morgan fingerprint density at radius 3 is 2.19 bits per heavy atom. The molecule has 6 heteroatoms. The first kappa shape index (κ1) is 15.2. The van der Waals surface area contributed by atoms with Crippen molar-refractivity contribution in [3.63, 3.8) is 0 Å². The summed E-state index contributed by atoms with van der Waals surface area (Å²) in [6.45, 7) is 0. The van der Waals surface area contributed by atoms with Crippen molar-refractivity contribution in [2.24, 2.45) is 0 Å². The number of methoxy groups -OCH3 is 4. The van der Waals surface area contributed by atoms with E-state index in [1.807, 2.05) is 0 Å². The lowest BCUT2D eigenvalue weighted by Crippen LogP contribution is -2.05. The summed E-state index contributed by atoms with van der Waals surface area (Å²) in [5.74, 6) is 1.77. The number of hydrogen-bond acceptors (Lipinski definition) is 6. The standard InChI is InChI=1S/C15H16O5S/c1-17-9-7-12(21-8-9)13(16)10-5-6-11(18-2)15(20-4)14(10)19-3/h5-8H,1-4H3. The molecule has 0 bridgehead atoms. The van der Waals surface area contributed by atoms with Crippen molar-refractivity contribution < 1.29 is 23.7 Å². The van der Waals surface area contributed by atoms with Crippen LogP contribution in [0, 0.1) is 0 Å². The van der Waals surface area contributed by atoms with Crippen LogP contribution in [-0.4, -0.2) is 34.2 Å². The molecule has 0 saturated heterocycles. The summed E-state index contributed by atoms with van der Waals surface area (Å²) in [5, 5.41) is 1.78. The molecule has 0 saturated carbocycles. The van der Waals surface area contributed by atoms with Gasteiger partial charge in [0.05, 0.1) is 38.9 Å². The number of rotatable bonds is 6. The maximum Gasteiger partial charge on any atom is 0.206 e. The van der Waals surface area contributed by atoms with Gasteiger partial charge in [-0.2, -0.15) is 0 Å². The summed E-state index contributed by atoms with van der Waals surface area (Å²) in [4.78, 5) is 13.2. The Labute approximate surface area is 127 Å². The fraction of sp³-hybridized carbons (Fsp3) is 0.267. The maximum absolute atomic E-state index is 12.6. The van der Waals surface area contributed by atoms with E-state index in [9.17, 15) is 4.79 Å². The topological polar surface area (TPSA) is 54.0 Å². The van der Waals surface area contributed by atoms with Crippen LogP contribution >= 0.6 is 11.3 Å². The van der Waals surface area contributed by atoms with Crippen molar-refractivity contribution in [1.82, 2.24) is 0 Å². The normalized spacial score (nSPS) is 10.1. The van der Waals surface area contributed by atoms with Crippen LogP contribution in [0.25, 0.3) is 0 Å². The summed E-state index contributed by atoms with van der Waals surface area (Å²) in [6.07, 6.45) is 0. The van der Waals surface area contributed by atoms with Crippen molar-refractivity contribution in [2.45, 2.75) is 0 Å². The van der Waals surface area contributed by atoms with Gasteiger partial charge in [-0.25, -0.2) is 0 Å². The minimum Gasteiger partial charge on any atom is -0.496 e. The summed E-state index contributed by atoms with van der Waals surface area (Å²) < 4.78 is 20.9. The van der Waals surface area contributed by atoms with Crippen LogP contribution in [0.15, 0.2) is 23.6 Å². The van der Waals surface area contributed by atoms with Crippen molar-refractivity contribution >= 4 is 17.1 Å². The monoisotopic (exact) mass is 308 g/mol. The predicted molar refractivity (Wildman–Crippen MR) is 80.4 cm³/mol. The van der Waals surface area contributed by atoms with Crippen LogP contribution in [0.2, 0.25) is 0 Å². The van der Waals surface area contributed by atoms with Gasteiger partial charge >= 0.3 is 0 Å². The van der Waals surface area contributed by atoms with Gasteiger partial charge in [0.2, 0.25) is 11.5 Å². The van der Waals surface area contributed by atoms with Gasteiger partial charge in [-0.15, -0.1) is 11.3 Å². The van der Waals surface area contributed by atoms with E-state index in [4.69, 9.17) is 18.9 Å². The molecule has 0 N–H and O–H groups in total. The van der Waals surface area contributed by atoms with Gasteiger partial charge in [0.15, 0.2) is 11.5 Å². The van der Waals surface area contributed by atoms with E-state index in [1.54, 1.807) is 30.7 Å². The van der Waals surface area contributed by atoms with Crippen LogP contribution < -0.4 is 18.9 Å². The van der Waals surface area contributed by atoms with E-state index in [0.717, 1.165) is 0 Å². The Balaban J connectivity index is 2.50. The predicted octanol–water partition coefficient (Wildman–Crippen LogP) is 3.01. The van der Waals surface area contributed by atoms with Crippen molar-refractivity contribution in [3.8, 4) is 23.0 Å². The van der Waals surface area contributed by atoms with Gasteiger partial charge in [-0.3, -0.25) is 4.79 Å². The molecule has 0 aliphatic rings. The molecule has 1 heterocycles. The zero-order chi connectivity index (χ0) is 15.4. The second-order valence-electron chi connectivity index (χ2n) is 4.06. The lowest BCUT2D eigenvalue weighted by molar-refractivity contribution is 0.103. The van der Waals surface area contributed by atoms with Gasteiger partial charge < -0.3 is 18.9 Å². The van der Waals surface area contributed by atoms with Crippen molar-refractivity contribution in [3.05, 3.63) is 34.0 Å². The molecule has 2 rings (SSSR count). The van der Waals surface area contributed by atoms with Gasteiger partial charge in [-0.05, 0) is 12.1 Å². The Bertz CT molecular complexity index is 648. The molecule has 112 valence electrons. The van der Waals surface area contributed by atoms with Crippen molar-refractivity contribution in [2.75, 3.05) is 28.4 Å². The molecule has 0 fully saturated rings. The molecule has 0 spiro atoms. The van der Waals surface area contributed by atoms with Gasteiger partial charge in [0.1, 0.15) is 5.75 Å². The van der Waals surface area contributed by atoms with Crippen LogP contribution in [-0.2, 0) is 0 Å². The van der Waals surface area contributed by atoms with E-state index in [-0.39, 0.29) is 5.78 Å². The molecule has 1 aromatic carbocycles. The molecule has 0 unspecified atom stereocenters. The number of ether oxygens (including phenoxy) is 4. The number of thiophene rings is 1. The summed E-state index contributed by atoms with van der Waals surface area (Å²) in [6, 6.07) is 5.04. The average Bonchev–Trinajstić information content (AvgIpc) is 3.01. The molecular weight excluding hydrogens is 292 g/mol. The minimum absolute atomic E-state index is 0.152. The lowest BCUT2D eigenvalue weighted by Gasteiger charge is -2.14. The fourth-order valence-corrected chi connectivity index (χ4v) is 2.77. The van der Waals surface area contributed by atoms with E-state index in [0.29, 0.717) is 33.4 Å². The number of benzene rings is 1. The number of carbonyl (C=O) groups excluding carboxylic acids is 1. The smallest absolute Gasteiger partial charge is 0.206 e. The van der Waals surface area contributed by atoms with E-state index in [2.05, 4.69) is 0 Å². The second kappa shape index (κ2) is 6.49. The van der Waals surface area contributed by atoms with Crippen LogP contribution in [0.4, 0.5) is 0 Å². The number of carbonyl (C=O) groups is 1. The SMILES string of the molecule is COc1csc(C(=O)c2ccc(OC)c(OC)c2OC)c1. The zero-order valence-corrected chi connectivity index (χ0v) is 13.1. The highest BCUT2D eigenvalue weighted by molar-refractivity contribution is 7.12. The zero-order valence-electron chi connectivity index (χ0n) is 12.3. The van der Waals surface area contributed by atoms with Gasteiger partial charge in [-0.1, -0.05) is 0 Å². The Hall–Kier alpha value is -2.21. The number of hydrogen-bond donors (Lipinski definition) is 0. The quantitative estimate of drug-likeness (QED) is 0.768. The largest absolute Gasteiger partial charge is 0.496 e. The fourth-order valence-electron chi connectivity index (χ4n) is 1.96. The maximum atomic E-state index is 12.6. The molecule has 5 nitrogen and oxygen atoms in total. The molecule has 1 aromatic heterocycles. The lowest BCUT2D eigenvalue weighted by atomic mass is 10.1. The number of ketones is 1. The van der Waals surface area contributed by atoms with Crippen LogP contribution in [0.5, 0.6) is 23.0 Å². The van der Waals surface area contributed by atoms with Crippen LogP contribution in [0.3, 0.4) is 0 Å². The first-order valence-corrected chi connectivity index (χ1v) is 7.00. The molecule has 21 heavy (non-hydrogen) atoms. The van der Waals surface area contributed by atoms with E-state index in [1.165, 1.54) is 32.7 Å². The molecule has 0 radical (unpaired) electrons. The Morgan fingerprint density at radius 2 is 1.67 bits per heavy atom. The summed E-state index contributed by atoms with van der Waals surface area (Å²) in [5.41, 5.74) is 0.416. The second-order valence-corrected chi connectivity index (χ2v) is 4.97.